The first-order valence-corrected chi connectivity index (χ1v) is 46.5. The highest BCUT2D eigenvalue weighted by molar-refractivity contribution is 5.48. The van der Waals surface area contributed by atoms with Gasteiger partial charge in [0.1, 0.15) is 86.3 Å². The van der Waals surface area contributed by atoms with Crippen LogP contribution in [0.15, 0.2) is 177 Å². The molecular formula is C109H147N11O16. The minimum Gasteiger partial charge on any atom is -0.496 e. The molecule has 0 aliphatic rings. The molecule has 8 aromatic carbocycles. The van der Waals surface area contributed by atoms with Gasteiger partial charge in [0.2, 0.25) is 0 Å². The maximum Gasteiger partial charge on any atom is 0.434 e. The number of nitrogen functional groups attached to an aromatic ring is 1. The molecule has 0 saturated heterocycles. The van der Waals surface area contributed by atoms with Crippen LogP contribution < -0.4 is 62.6 Å². The predicted molar refractivity (Wildman–Crippen MR) is 540 cm³/mol. The molecule has 12 aromatic rings. The second-order valence-corrected chi connectivity index (χ2v) is 36.0. The van der Waals surface area contributed by atoms with Gasteiger partial charge in [-0.2, -0.15) is 0 Å². The first-order valence-electron chi connectivity index (χ1n) is 46.5. The van der Waals surface area contributed by atoms with E-state index < -0.39 is 9.85 Å². The molecule has 0 spiro atoms. The van der Waals surface area contributed by atoms with Crippen molar-refractivity contribution in [1.29, 1.82) is 0 Å². The molecule has 4 aromatic heterocycles. The molecule has 0 unspecified atom stereocenters. The molecule has 0 aliphatic carbocycles. The summed E-state index contributed by atoms with van der Waals surface area (Å²) < 4.78 is 74.5. The third-order valence-electron chi connectivity index (χ3n) is 25.2. The van der Waals surface area contributed by atoms with Crippen molar-refractivity contribution in [1.82, 2.24) is 38.2 Å². The van der Waals surface area contributed by atoms with Gasteiger partial charge in [0.05, 0.1) is 87.7 Å². The van der Waals surface area contributed by atoms with Gasteiger partial charge in [0.15, 0.2) is 51.9 Å². The van der Waals surface area contributed by atoms with Gasteiger partial charge < -0.3 is 91.9 Å². The van der Waals surface area contributed by atoms with Crippen molar-refractivity contribution in [3.63, 3.8) is 0 Å². The Kier molecular flexibility index (Phi) is 42.3. The number of rotatable bonds is 46. The molecule has 136 heavy (non-hydrogen) atoms. The Morgan fingerprint density at radius 2 is 0.515 bits per heavy atom. The fourth-order valence-electron chi connectivity index (χ4n) is 16.7. The Bertz CT molecular complexity index is 5600. The quantitative estimate of drug-likeness (QED) is 0.0274. The predicted octanol–water partition coefficient (Wildman–Crippen LogP) is 22.6. The van der Waals surface area contributed by atoms with Gasteiger partial charge in [-0.1, -0.05) is 146 Å². The molecule has 4 heterocycles. The summed E-state index contributed by atoms with van der Waals surface area (Å²) in [6.07, 6.45) is 17.0. The zero-order chi connectivity index (χ0) is 98.1. The van der Waals surface area contributed by atoms with Crippen molar-refractivity contribution in [3.8, 4) is 69.0 Å². The van der Waals surface area contributed by atoms with Gasteiger partial charge in [0.25, 0.3) is 0 Å². The van der Waals surface area contributed by atoms with Gasteiger partial charge in [0, 0.05) is 12.4 Å². The van der Waals surface area contributed by atoms with Crippen LogP contribution in [0, 0.1) is 123 Å². The summed E-state index contributed by atoms with van der Waals surface area (Å²) in [4.78, 5) is 37.7. The summed E-state index contributed by atoms with van der Waals surface area (Å²) in [5.74, 6) is 13.6. The van der Waals surface area contributed by atoms with E-state index in [1.165, 1.54) is 64.8 Å². The Morgan fingerprint density at radius 3 is 0.728 bits per heavy atom. The van der Waals surface area contributed by atoms with E-state index in [0.29, 0.717) is 121 Å². The van der Waals surface area contributed by atoms with Crippen LogP contribution in [0.4, 0.5) is 17.8 Å². The number of nitrogens with two attached hydrogens (primary N) is 1. The van der Waals surface area contributed by atoms with Crippen LogP contribution in [-0.2, 0) is 77.5 Å². The van der Waals surface area contributed by atoms with Crippen molar-refractivity contribution < 1.29 is 66.7 Å². The van der Waals surface area contributed by atoms with Gasteiger partial charge in [-0.3, -0.25) is 0 Å². The second kappa shape index (κ2) is 53.2. The summed E-state index contributed by atoms with van der Waals surface area (Å²) >= 11 is 0. The van der Waals surface area contributed by atoms with E-state index in [9.17, 15) is 20.2 Å². The molecule has 12 rings (SSSR count). The van der Waals surface area contributed by atoms with E-state index in [1.807, 2.05) is 90.2 Å². The molecule has 8 atom stereocenters. The summed E-state index contributed by atoms with van der Waals surface area (Å²) in [5.41, 5.74) is 23.9. The number of benzene rings is 8. The normalized spacial score (nSPS) is 12.7. The number of aryl methyl sites for hydroxylation is 8. The minimum atomic E-state index is -0.486. The molecular weight excluding hydrogens is 1720 g/mol. The standard InChI is InChI=1S/2C27H35N3O5.C27H37N3O3.C27H36N2O3.CH4/c2*1-18(13-22-7-9-24(33-5)20(3)15-22)19(2)14-23-8-10-25(26(16-23)34-6)35-12-11-29-17-21(4)28-27(29)30(31)32;1-18(13-22-7-9-24(31-5)20(3)15-22)19(2)14-23-8-10-25(26(16-23)32-6)33-12-11-30-17-21(4)29-27(30)28;1-19(13-23-7-9-25(30-5)21(3)15-23)20(2)14-24-8-10-26(27(16-24)31-6)32-12-11-29-17-22(4)28-18-29;/h2*7-10,15-19H,11-14H2,1-6H3;7-10,15-19H,11-14H2,1-6H3,(H2,28,29);7-10,15-20H,11-14H2,1-6H3;1H4/t3*18-,19+;19-,20+;/m1111./s1. The largest absolute Gasteiger partial charge is 0.496 e. The van der Waals surface area contributed by atoms with E-state index in [0.717, 1.165) is 126 Å². The van der Waals surface area contributed by atoms with Crippen LogP contribution >= 0.6 is 0 Å². The lowest BCUT2D eigenvalue weighted by atomic mass is 9.85. The lowest BCUT2D eigenvalue weighted by Crippen LogP contribution is -2.14. The number of hydrogen-bond donors (Lipinski definition) is 1. The third-order valence-corrected chi connectivity index (χ3v) is 25.2. The van der Waals surface area contributed by atoms with Crippen molar-refractivity contribution in [2.75, 3.05) is 89.0 Å². The number of nitro groups is 2. The summed E-state index contributed by atoms with van der Waals surface area (Å²) in [6.45, 7) is 37.8. The van der Waals surface area contributed by atoms with Crippen molar-refractivity contribution in [3.05, 3.63) is 286 Å². The van der Waals surface area contributed by atoms with Crippen LogP contribution in [0.5, 0.6) is 69.0 Å². The first kappa shape index (κ1) is 108. The number of ether oxygens (including phenoxy) is 12. The van der Waals surface area contributed by atoms with Gasteiger partial charge in [-0.05, 0) is 304 Å². The summed E-state index contributed by atoms with van der Waals surface area (Å²) in [5, 5.41) is 22.3. The van der Waals surface area contributed by atoms with Crippen molar-refractivity contribution in [2.24, 2.45) is 47.3 Å². The van der Waals surface area contributed by atoms with Crippen LogP contribution in [0.25, 0.3) is 0 Å². The molecule has 0 radical (unpaired) electrons. The zero-order valence-corrected chi connectivity index (χ0v) is 83.8. The van der Waals surface area contributed by atoms with E-state index in [4.69, 9.17) is 62.6 Å². The smallest absolute Gasteiger partial charge is 0.434 e. The fraction of sp³-hybridized carbons (Fsp3) is 0.450. The number of imidazole rings is 4. The molecule has 734 valence electrons. The van der Waals surface area contributed by atoms with Crippen molar-refractivity contribution in [2.45, 2.75) is 196 Å². The Hall–Kier alpha value is -13.2. The molecule has 0 amide bonds. The second-order valence-electron chi connectivity index (χ2n) is 36.0. The number of nitrogens with zero attached hydrogens (tertiary/aromatic N) is 10. The topological polar surface area (TPSA) is 294 Å². The molecule has 2 N–H and O–H groups in total. The maximum absolute atomic E-state index is 11.1. The monoisotopic (exact) mass is 1870 g/mol. The number of methoxy groups -OCH3 is 8. The van der Waals surface area contributed by atoms with Crippen molar-refractivity contribution >= 4 is 17.8 Å². The Balaban J connectivity index is 0.000000222. The van der Waals surface area contributed by atoms with E-state index in [-0.39, 0.29) is 32.5 Å². The first-order chi connectivity index (χ1) is 64.6. The zero-order valence-electron chi connectivity index (χ0n) is 83.8. The van der Waals surface area contributed by atoms with Crippen LogP contribution in [-0.4, -0.2) is 131 Å². The molecule has 0 aliphatic heterocycles. The highest BCUT2D eigenvalue weighted by Gasteiger charge is 2.25. The number of hydrogen-bond acceptors (Lipinski definition) is 21. The highest BCUT2D eigenvalue weighted by Crippen LogP contribution is 2.38. The highest BCUT2D eigenvalue weighted by atomic mass is 16.6. The lowest BCUT2D eigenvalue weighted by molar-refractivity contribution is -0.397. The number of anilines is 1. The van der Waals surface area contributed by atoms with Crippen LogP contribution in [0.2, 0.25) is 0 Å². The minimum absolute atomic E-state index is 0. The summed E-state index contributed by atoms with van der Waals surface area (Å²) in [7, 11) is 13.5. The Labute approximate surface area is 806 Å². The Morgan fingerprint density at radius 1 is 0.294 bits per heavy atom. The van der Waals surface area contributed by atoms with Gasteiger partial charge in [-0.15, -0.1) is 0 Å². The van der Waals surface area contributed by atoms with E-state index >= 15 is 0 Å². The maximum atomic E-state index is 11.1. The fourth-order valence-corrected chi connectivity index (χ4v) is 16.7. The van der Waals surface area contributed by atoms with Gasteiger partial charge in [-0.25, -0.2) is 19.1 Å². The number of aromatic nitrogens is 8. The third kappa shape index (κ3) is 32.3. The average Bonchev–Trinajstić information content (AvgIpc) is 1.13. The van der Waals surface area contributed by atoms with E-state index in [1.54, 1.807) is 83.1 Å². The van der Waals surface area contributed by atoms with Gasteiger partial charge >= 0.3 is 11.9 Å². The molecule has 27 heteroatoms. The average molecular weight is 1870 g/mol. The SMILES string of the molecule is C.COc1ccc(C[C@@H](C)[C@@H](C)Cc2ccc(OCCn3cc(C)nc3N)c(OC)c2)cc1C.COc1ccc(C[C@@H](C)[C@@H](C)Cc2ccc(OCCn3cc(C)nc3[N+](=O)[O-])c(OC)c2)cc1C.COc1ccc(C[C@@H](C)[C@@H](C)Cc2ccc(OCCn3cc(C)nc3[N+](=O)[O-])c(OC)c2)cc1C.COc1ccc(C[C@@H](C)[C@@H](C)Cc2ccc(OCCn3cnc(C)c3)c(OC)c2)cc1C. The molecule has 0 saturated carbocycles. The molecule has 0 bridgehead atoms. The lowest BCUT2D eigenvalue weighted by Gasteiger charge is -2.21. The molecule has 27 nitrogen and oxygen atoms in total. The summed E-state index contributed by atoms with van der Waals surface area (Å²) in [6, 6.07) is 50.2. The van der Waals surface area contributed by atoms with Crippen LogP contribution in [0.1, 0.15) is 152 Å². The van der Waals surface area contributed by atoms with Crippen LogP contribution in [0.3, 0.4) is 0 Å². The van der Waals surface area contributed by atoms with E-state index in [2.05, 4.69) is 200 Å². The molecule has 0 fully saturated rings.